The second-order valence-corrected chi connectivity index (χ2v) is 6.40. The lowest BCUT2D eigenvalue weighted by Crippen LogP contribution is -2.09. The maximum Gasteiger partial charge on any atom is 0.232 e. The number of aromatic nitrogens is 6. The maximum atomic E-state index is 4.71. The van der Waals surface area contributed by atoms with Crippen molar-refractivity contribution in [2.45, 2.75) is 18.9 Å². The van der Waals surface area contributed by atoms with Crippen LogP contribution in [0.1, 0.15) is 12.8 Å². The fourth-order valence-corrected chi connectivity index (χ4v) is 2.87. The lowest BCUT2D eigenvalue weighted by molar-refractivity contribution is 0.775. The van der Waals surface area contributed by atoms with Gasteiger partial charge >= 0.3 is 0 Å². The van der Waals surface area contributed by atoms with Crippen molar-refractivity contribution in [3.63, 3.8) is 0 Å². The number of fused-ring (bicyclic) bond motifs is 1. The first-order chi connectivity index (χ1) is 12.8. The van der Waals surface area contributed by atoms with E-state index in [1.807, 2.05) is 48.0 Å². The molecule has 130 valence electrons. The molecule has 0 bridgehead atoms. The van der Waals surface area contributed by atoms with Gasteiger partial charge in [0.1, 0.15) is 12.1 Å². The number of rotatable bonds is 5. The van der Waals surface area contributed by atoms with E-state index in [0.29, 0.717) is 12.0 Å². The molecular weight excluding hydrogens is 328 g/mol. The van der Waals surface area contributed by atoms with Crippen molar-refractivity contribution in [1.82, 2.24) is 29.3 Å². The Balaban J connectivity index is 1.64. The van der Waals surface area contributed by atoms with Crippen molar-refractivity contribution >= 4 is 28.7 Å². The lowest BCUT2D eigenvalue weighted by atomic mass is 10.3. The number of hydrogen-bond donors (Lipinski definition) is 2. The van der Waals surface area contributed by atoms with Crippen LogP contribution in [-0.2, 0) is 7.05 Å². The average molecular weight is 346 g/mol. The van der Waals surface area contributed by atoms with Gasteiger partial charge in [-0.3, -0.25) is 9.25 Å². The molecule has 0 amide bonds. The first-order valence-electron chi connectivity index (χ1n) is 8.60. The summed E-state index contributed by atoms with van der Waals surface area (Å²) in [5, 5.41) is 10.9. The van der Waals surface area contributed by atoms with E-state index in [1.165, 1.54) is 0 Å². The van der Waals surface area contributed by atoms with Gasteiger partial charge < -0.3 is 10.6 Å². The van der Waals surface area contributed by atoms with Crippen LogP contribution in [0.3, 0.4) is 0 Å². The molecule has 0 spiro atoms. The van der Waals surface area contributed by atoms with Gasteiger partial charge in [-0.15, -0.1) is 0 Å². The van der Waals surface area contributed by atoms with Crippen molar-refractivity contribution < 1.29 is 0 Å². The zero-order valence-corrected chi connectivity index (χ0v) is 14.3. The minimum Gasteiger partial charge on any atom is -0.365 e. The summed E-state index contributed by atoms with van der Waals surface area (Å²) in [4.78, 5) is 13.9. The molecule has 5 rings (SSSR count). The van der Waals surface area contributed by atoms with Gasteiger partial charge in [0.15, 0.2) is 17.0 Å². The van der Waals surface area contributed by atoms with Crippen LogP contribution >= 0.6 is 0 Å². The van der Waals surface area contributed by atoms with Crippen LogP contribution in [-0.4, -0.2) is 35.3 Å². The van der Waals surface area contributed by atoms with Crippen LogP contribution in [0.15, 0.2) is 48.9 Å². The highest BCUT2D eigenvalue weighted by Gasteiger charge is 2.24. The van der Waals surface area contributed by atoms with E-state index in [-0.39, 0.29) is 0 Å². The molecule has 3 heterocycles. The fourth-order valence-electron chi connectivity index (χ4n) is 2.87. The summed E-state index contributed by atoms with van der Waals surface area (Å²) in [5.41, 5.74) is 2.55. The number of benzene rings is 1. The summed E-state index contributed by atoms with van der Waals surface area (Å²) in [6.07, 6.45) is 5.85. The molecule has 0 atom stereocenters. The summed E-state index contributed by atoms with van der Waals surface area (Å²) in [5.74, 6) is 2.10. The van der Waals surface area contributed by atoms with Crippen molar-refractivity contribution in [2.75, 3.05) is 10.6 Å². The summed E-state index contributed by atoms with van der Waals surface area (Å²) in [7, 11) is 1.87. The summed E-state index contributed by atoms with van der Waals surface area (Å²) >= 11 is 0. The van der Waals surface area contributed by atoms with Crippen LogP contribution in [0.5, 0.6) is 0 Å². The zero-order chi connectivity index (χ0) is 17.5. The first kappa shape index (κ1) is 14.9. The molecule has 1 fully saturated rings. The smallest absolute Gasteiger partial charge is 0.232 e. The molecule has 1 aromatic carbocycles. The maximum absolute atomic E-state index is 4.71. The highest BCUT2D eigenvalue weighted by molar-refractivity contribution is 5.86. The van der Waals surface area contributed by atoms with Gasteiger partial charge in [0.2, 0.25) is 5.95 Å². The molecule has 4 aromatic rings. The van der Waals surface area contributed by atoms with Gasteiger partial charge in [0.25, 0.3) is 0 Å². The largest absolute Gasteiger partial charge is 0.365 e. The average Bonchev–Trinajstić information content (AvgIpc) is 3.22. The van der Waals surface area contributed by atoms with Crippen LogP contribution in [0.4, 0.5) is 17.6 Å². The highest BCUT2D eigenvalue weighted by atomic mass is 15.3. The molecular formula is C18H18N8. The van der Waals surface area contributed by atoms with Crippen LogP contribution in [0.25, 0.3) is 16.9 Å². The van der Waals surface area contributed by atoms with Crippen LogP contribution < -0.4 is 10.6 Å². The number of hydrogen-bond acceptors (Lipinski definition) is 6. The van der Waals surface area contributed by atoms with Gasteiger partial charge in [-0.25, -0.2) is 4.98 Å². The summed E-state index contributed by atoms with van der Waals surface area (Å²) < 4.78 is 3.72. The van der Waals surface area contributed by atoms with Gasteiger partial charge in [-0.1, -0.05) is 18.2 Å². The molecule has 0 aliphatic heterocycles. The Morgan fingerprint density at radius 1 is 1.08 bits per heavy atom. The third kappa shape index (κ3) is 2.65. The second-order valence-electron chi connectivity index (χ2n) is 6.40. The topological polar surface area (TPSA) is 85.5 Å². The van der Waals surface area contributed by atoms with Crippen molar-refractivity contribution in [3.05, 3.63) is 48.9 Å². The van der Waals surface area contributed by atoms with Gasteiger partial charge in [0.05, 0.1) is 6.20 Å². The highest BCUT2D eigenvalue weighted by Crippen LogP contribution is 2.29. The second kappa shape index (κ2) is 5.83. The van der Waals surface area contributed by atoms with Gasteiger partial charge in [-0.05, 0) is 25.0 Å². The quantitative estimate of drug-likeness (QED) is 0.578. The zero-order valence-electron chi connectivity index (χ0n) is 14.3. The van der Waals surface area contributed by atoms with E-state index >= 15 is 0 Å². The third-order valence-electron chi connectivity index (χ3n) is 4.41. The molecule has 3 aromatic heterocycles. The molecule has 1 aliphatic rings. The van der Waals surface area contributed by atoms with E-state index in [4.69, 9.17) is 4.98 Å². The van der Waals surface area contributed by atoms with Crippen molar-refractivity contribution in [1.29, 1.82) is 0 Å². The molecule has 2 N–H and O–H groups in total. The summed E-state index contributed by atoms with van der Waals surface area (Å²) in [6.45, 7) is 0. The number of para-hydroxylation sites is 1. The normalized spacial score (nSPS) is 13.9. The summed E-state index contributed by atoms with van der Waals surface area (Å²) in [6, 6.07) is 12.4. The van der Waals surface area contributed by atoms with E-state index in [0.717, 1.165) is 41.3 Å². The molecule has 26 heavy (non-hydrogen) atoms. The molecule has 1 aliphatic carbocycles. The Kier molecular flexibility index (Phi) is 3.34. The van der Waals surface area contributed by atoms with E-state index in [9.17, 15) is 0 Å². The number of anilines is 3. The monoisotopic (exact) mass is 346 g/mol. The molecule has 8 nitrogen and oxygen atoms in total. The van der Waals surface area contributed by atoms with E-state index in [2.05, 4.69) is 25.7 Å². The molecule has 0 unspecified atom stereocenters. The van der Waals surface area contributed by atoms with Crippen LogP contribution in [0.2, 0.25) is 0 Å². The van der Waals surface area contributed by atoms with Crippen LogP contribution in [0, 0.1) is 0 Å². The number of nitrogens with one attached hydrogen (secondary N) is 2. The Morgan fingerprint density at radius 2 is 1.92 bits per heavy atom. The van der Waals surface area contributed by atoms with Gasteiger partial charge in [-0.2, -0.15) is 15.1 Å². The Morgan fingerprint density at radius 3 is 2.65 bits per heavy atom. The van der Waals surface area contributed by atoms with Gasteiger partial charge in [0, 0.05) is 24.8 Å². The Hall–Kier alpha value is -3.42. The van der Waals surface area contributed by atoms with Crippen molar-refractivity contribution in [2.24, 2.45) is 7.05 Å². The lowest BCUT2D eigenvalue weighted by Gasteiger charge is -2.10. The van der Waals surface area contributed by atoms with E-state index in [1.54, 1.807) is 17.2 Å². The predicted octanol–water partition coefficient (Wildman–Crippen LogP) is 2.87. The first-order valence-corrected chi connectivity index (χ1v) is 8.60. The standard InChI is InChI=1S/C18H18N8/c1-25-14(9-10-20-25)22-18-23-16(21-12-7-8-12)15-17(24-18)26(11-19-15)13-5-3-2-4-6-13/h2-6,9-12H,7-8H2,1H3,(H2,21,22,23,24). The number of aryl methyl sites for hydroxylation is 1. The molecule has 1 saturated carbocycles. The Labute approximate surface area is 149 Å². The third-order valence-corrected chi connectivity index (χ3v) is 4.41. The number of imidazole rings is 1. The molecule has 0 radical (unpaired) electrons. The molecule has 8 heteroatoms. The minimum absolute atomic E-state index is 0.472. The predicted molar refractivity (Wildman–Crippen MR) is 99.8 cm³/mol. The molecule has 0 saturated heterocycles. The van der Waals surface area contributed by atoms with E-state index < -0.39 is 0 Å². The fraction of sp³-hybridized carbons (Fsp3) is 0.222. The van der Waals surface area contributed by atoms with Crippen molar-refractivity contribution in [3.8, 4) is 5.69 Å². The SMILES string of the molecule is Cn1nccc1Nc1nc(NC2CC2)c2ncn(-c3ccccc3)c2n1. The Bertz CT molecular complexity index is 1060. The minimum atomic E-state index is 0.472. The number of nitrogens with zero attached hydrogens (tertiary/aromatic N) is 6.